The molecule has 1 saturated heterocycles. The molecule has 0 amide bonds. The Hall–Kier alpha value is -1.39. The van der Waals surface area contributed by atoms with E-state index in [1.807, 2.05) is 4.90 Å². The van der Waals surface area contributed by atoms with E-state index < -0.39 is 15.2 Å². The van der Waals surface area contributed by atoms with Crippen molar-refractivity contribution in [2.45, 2.75) is 12.3 Å². The molecule has 1 atom stereocenters. The number of rotatable bonds is 4. The summed E-state index contributed by atoms with van der Waals surface area (Å²) in [4.78, 5) is 1.83. The fourth-order valence-electron chi connectivity index (χ4n) is 2.32. The summed E-state index contributed by atoms with van der Waals surface area (Å²) in [5.41, 5.74) is 1.11. The molecule has 5 nitrogen and oxygen atoms in total. The van der Waals surface area contributed by atoms with Crippen LogP contribution in [0.25, 0.3) is 0 Å². The van der Waals surface area contributed by atoms with Crippen LogP contribution in [0.15, 0.2) is 18.2 Å². The molecule has 114 valence electrons. The monoisotopic (exact) mass is 326 g/mol. The van der Waals surface area contributed by atoms with Gasteiger partial charge in [-0.05, 0) is 12.1 Å². The minimum atomic E-state index is -3.21. The second kappa shape index (κ2) is 6.58. The van der Waals surface area contributed by atoms with Gasteiger partial charge in [0.25, 0.3) is 0 Å². The van der Waals surface area contributed by atoms with Crippen LogP contribution in [0.4, 0.5) is 5.69 Å². The molecule has 0 saturated carbocycles. The second-order valence-corrected chi connectivity index (χ2v) is 8.27. The topological polar surface area (TPSA) is 70.4 Å². The predicted molar refractivity (Wildman–Crippen MR) is 85.6 cm³/mol. The molecule has 0 spiro atoms. The fourth-order valence-corrected chi connectivity index (χ4v) is 5.30. The Balaban J connectivity index is 2.49. The van der Waals surface area contributed by atoms with E-state index in [1.54, 1.807) is 44.0 Å². The fraction of sp³-hybridized carbons (Fsp3) is 0.500. The van der Waals surface area contributed by atoms with E-state index in [4.69, 9.17) is 4.74 Å². The Bertz CT molecular complexity index is 653. The van der Waals surface area contributed by atoms with Crippen molar-refractivity contribution in [3.63, 3.8) is 0 Å². The molecule has 1 aromatic carbocycles. The molecule has 1 heterocycles. The van der Waals surface area contributed by atoms with E-state index in [0.717, 1.165) is 5.75 Å². The lowest BCUT2D eigenvalue weighted by Gasteiger charge is -2.37. The third-order valence-corrected chi connectivity index (χ3v) is 6.82. The van der Waals surface area contributed by atoms with Gasteiger partial charge in [0.2, 0.25) is 0 Å². The average molecular weight is 326 g/mol. The van der Waals surface area contributed by atoms with Gasteiger partial charge in [-0.1, -0.05) is 6.92 Å². The van der Waals surface area contributed by atoms with Gasteiger partial charge < -0.3 is 9.64 Å². The third-order valence-electron chi connectivity index (χ3n) is 3.54. The molecular formula is C14H18N2O3S2. The molecule has 0 aliphatic carbocycles. The highest BCUT2D eigenvalue weighted by atomic mass is 32.2. The standard InChI is InChI=1S/C14H18N2O3S2/c1-3-21(17,18)14-10-20-7-6-16(14)13-8-12(19-2)5-4-11(13)9-15/h4-5,8,14H,3,6-7,10H2,1-2H3. The first-order chi connectivity index (χ1) is 10.0. The Morgan fingerprint density at radius 2 is 2.29 bits per heavy atom. The summed E-state index contributed by atoms with van der Waals surface area (Å²) in [7, 11) is -1.66. The van der Waals surface area contributed by atoms with E-state index in [0.29, 0.717) is 29.3 Å². The van der Waals surface area contributed by atoms with Crippen molar-refractivity contribution in [1.82, 2.24) is 0 Å². The number of ether oxygens (including phenoxy) is 1. The zero-order valence-corrected chi connectivity index (χ0v) is 13.7. The summed E-state index contributed by atoms with van der Waals surface area (Å²) in [6, 6.07) is 7.26. The summed E-state index contributed by atoms with van der Waals surface area (Å²) >= 11 is 1.63. The zero-order valence-electron chi connectivity index (χ0n) is 12.1. The normalized spacial score (nSPS) is 19.1. The second-order valence-electron chi connectivity index (χ2n) is 4.67. The molecular weight excluding hydrogens is 308 g/mol. The molecule has 0 N–H and O–H groups in total. The van der Waals surface area contributed by atoms with Gasteiger partial charge in [-0.25, -0.2) is 8.42 Å². The molecule has 7 heteroatoms. The van der Waals surface area contributed by atoms with Crippen LogP contribution in [0.2, 0.25) is 0 Å². The van der Waals surface area contributed by atoms with Crippen molar-refractivity contribution in [2.24, 2.45) is 0 Å². The maximum atomic E-state index is 12.3. The van der Waals surface area contributed by atoms with Crippen LogP contribution < -0.4 is 9.64 Å². The molecule has 0 radical (unpaired) electrons. The van der Waals surface area contributed by atoms with Crippen LogP contribution >= 0.6 is 11.8 Å². The average Bonchev–Trinajstić information content (AvgIpc) is 2.54. The summed E-state index contributed by atoms with van der Waals surface area (Å²) in [5.74, 6) is 2.09. The number of anilines is 1. The van der Waals surface area contributed by atoms with Crippen LogP contribution in [0.5, 0.6) is 5.75 Å². The van der Waals surface area contributed by atoms with Gasteiger partial charge in [0.1, 0.15) is 17.2 Å². The first kappa shape index (κ1) is 16.0. The predicted octanol–water partition coefficient (Wildman–Crippen LogP) is 1.88. The SMILES string of the molecule is CCS(=O)(=O)C1CSCCN1c1cc(OC)ccc1C#N. The van der Waals surface area contributed by atoms with E-state index in [-0.39, 0.29) is 5.75 Å². The number of methoxy groups -OCH3 is 1. The Kier molecular flexibility index (Phi) is 5.01. The number of sulfone groups is 1. The molecule has 0 bridgehead atoms. The Labute approximate surface area is 129 Å². The van der Waals surface area contributed by atoms with Gasteiger partial charge in [-0.2, -0.15) is 17.0 Å². The molecule has 1 fully saturated rings. The van der Waals surface area contributed by atoms with E-state index >= 15 is 0 Å². The maximum absolute atomic E-state index is 12.3. The summed E-state index contributed by atoms with van der Waals surface area (Å²) in [6.45, 7) is 2.26. The van der Waals surface area contributed by atoms with E-state index in [1.165, 1.54) is 0 Å². The van der Waals surface area contributed by atoms with Crippen molar-refractivity contribution in [1.29, 1.82) is 5.26 Å². The smallest absolute Gasteiger partial charge is 0.171 e. The van der Waals surface area contributed by atoms with Crippen molar-refractivity contribution in [2.75, 3.05) is 35.8 Å². The lowest BCUT2D eigenvalue weighted by atomic mass is 10.1. The maximum Gasteiger partial charge on any atom is 0.171 e. The first-order valence-corrected chi connectivity index (χ1v) is 9.54. The number of thioether (sulfide) groups is 1. The Morgan fingerprint density at radius 3 is 2.90 bits per heavy atom. The van der Waals surface area contributed by atoms with Crippen molar-refractivity contribution >= 4 is 27.3 Å². The van der Waals surface area contributed by atoms with Gasteiger partial charge in [-0.15, -0.1) is 0 Å². The van der Waals surface area contributed by atoms with Crippen molar-refractivity contribution in [3.8, 4) is 11.8 Å². The van der Waals surface area contributed by atoms with Gasteiger partial charge >= 0.3 is 0 Å². The molecule has 21 heavy (non-hydrogen) atoms. The Morgan fingerprint density at radius 1 is 1.52 bits per heavy atom. The van der Waals surface area contributed by atoms with Crippen LogP contribution in [0, 0.1) is 11.3 Å². The lowest BCUT2D eigenvalue weighted by molar-refractivity contribution is 0.414. The molecule has 0 aromatic heterocycles. The van der Waals surface area contributed by atoms with Crippen LogP contribution in [0.1, 0.15) is 12.5 Å². The number of benzene rings is 1. The molecule has 1 aliphatic heterocycles. The van der Waals surface area contributed by atoms with E-state index in [9.17, 15) is 13.7 Å². The lowest BCUT2D eigenvalue weighted by Crippen LogP contribution is -2.48. The number of hydrogen-bond donors (Lipinski definition) is 0. The van der Waals surface area contributed by atoms with Gasteiger partial charge in [0, 0.05) is 29.9 Å². The van der Waals surface area contributed by atoms with Crippen molar-refractivity contribution < 1.29 is 13.2 Å². The zero-order chi connectivity index (χ0) is 15.5. The molecule has 2 rings (SSSR count). The summed E-state index contributed by atoms with van der Waals surface area (Å²) < 4.78 is 29.8. The quantitative estimate of drug-likeness (QED) is 0.841. The minimum absolute atomic E-state index is 0.0978. The summed E-state index contributed by atoms with van der Waals surface area (Å²) in [6.07, 6.45) is 0. The number of nitriles is 1. The summed E-state index contributed by atoms with van der Waals surface area (Å²) in [5, 5.41) is 8.70. The number of hydrogen-bond acceptors (Lipinski definition) is 6. The highest BCUT2D eigenvalue weighted by molar-refractivity contribution is 8.01. The highest BCUT2D eigenvalue weighted by Crippen LogP contribution is 2.32. The van der Waals surface area contributed by atoms with Gasteiger partial charge in [0.15, 0.2) is 9.84 Å². The van der Waals surface area contributed by atoms with Gasteiger partial charge in [0.05, 0.1) is 18.4 Å². The van der Waals surface area contributed by atoms with Gasteiger partial charge in [-0.3, -0.25) is 0 Å². The van der Waals surface area contributed by atoms with Crippen LogP contribution in [-0.4, -0.2) is 44.7 Å². The van der Waals surface area contributed by atoms with Crippen LogP contribution in [-0.2, 0) is 9.84 Å². The van der Waals surface area contributed by atoms with E-state index in [2.05, 4.69) is 6.07 Å². The van der Waals surface area contributed by atoms with Crippen molar-refractivity contribution in [3.05, 3.63) is 23.8 Å². The first-order valence-electron chi connectivity index (χ1n) is 6.67. The third kappa shape index (κ3) is 3.27. The number of nitrogens with zero attached hydrogens (tertiary/aromatic N) is 2. The molecule has 1 aliphatic rings. The molecule has 1 unspecified atom stereocenters. The molecule has 1 aromatic rings. The van der Waals surface area contributed by atoms with Crippen LogP contribution in [0.3, 0.4) is 0 Å². The highest BCUT2D eigenvalue weighted by Gasteiger charge is 2.34. The largest absolute Gasteiger partial charge is 0.497 e. The minimum Gasteiger partial charge on any atom is -0.497 e.